The lowest BCUT2D eigenvalue weighted by Gasteiger charge is -2.11. The van der Waals surface area contributed by atoms with Crippen LogP contribution in [0, 0.1) is 5.82 Å². The van der Waals surface area contributed by atoms with Crippen molar-refractivity contribution in [2.75, 3.05) is 14.2 Å². The number of hydrogen-bond donors (Lipinski definition) is 1. The number of carboxylic acid groups (broad SMARTS) is 1. The van der Waals surface area contributed by atoms with Crippen molar-refractivity contribution in [1.82, 2.24) is 0 Å². The van der Waals surface area contributed by atoms with Gasteiger partial charge in [0.2, 0.25) is 0 Å². The van der Waals surface area contributed by atoms with Crippen LogP contribution in [0.5, 0.6) is 11.5 Å². The van der Waals surface area contributed by atoms with Crippen LogP contribution < -0.4 is 9.47 Å². The number of carboxylic acids is 1. The van der Waals surface area contributed by atoms with Gasteiger partial charge in [-0.1, -0.05) is 18.2 Å². The maximum atomic E-state index is 13.7. The van der Waals surface area contributed by atoms with Crippen molar-refractivity contribution >= 4 is 5.97 Å². The van der Waals surface area contributed by atoms with E-state index in [-0.39, 0.29) is 5.56 Å². The smallest absolute Gasteiger partial charge is 0.339 e. The van der Waals surface area contributed by atoms with E-state index in [0.717, 1.165) is 6.07 Å². The van der Waals surface area contributed by atoms with Crippen molar-refractivity contribution < 1.29 is 23.8 Å². The van der Waals surface area contributed by atoms with Gasteiger partial charge >= 0.3 is 5.97 Å². The lowest BCUT2D eigenvalue weighted by Crippen LogP contribution is -2.03. The molecule has 2 aromatic carbocycles. The van der Waals surface area contributed by atoms with Gasteiger partial charge in [-0.3, -0.25) is 0 Å². The van der Waals surface area contributed by atoms with Crippen LogP contribution in [0.4, 0.5) is 4.39 Å². The van der Waals surface area contributed by atoms with Crippen LogP contribution in [0.25, 0.3) is 11.1 Å². The SMILES string of the molecule is COc1ccc(-c2cccc(F)c2C(=O)O)cc1OC. The molecule has 0 aliphatic heterocycles. The summed E-state index contributed by atoms with van der Waals surface area (Å²) in [6.07, 6.45) is 0. The van der Waals surface area contributed by atoms with E-state index in [0.29, 0.717) is 22.6 Å². The Morgan fingerprint density at radius 1 is 1.10 bits per heavy atom. The van der Waals surface area contributed by atoms with Crippen molar-refractivity contribution in [3.63, 3.8) is 0 Å². The van der Waals surface area contributed by atoms with E-state index >= 15 is 0 Å². The molecule has 0 radical (unpaired) electrons. The number of hydrogen-bond acceptors (Lipinski definition) is 3. The molecular formula is C15H13FO4. The fourth-order valence-electron chi connectivity index (χ4n) is 1.99. The molecule has 0 spiro atoms. The molecule has 0 aliphatic carbocycles. The number of methoxy groups -OCH3 is 2. The summed E-state index contributed by atoms with van der Waals surface area (Å²) in [7, 11) is 2.98. The van der Waals surface area contributed by atoms with Crippen LogP contribution in [0.15, 0.2) is 36.4 Å². The van der Waals surface area contributed by atoms with Crippen molar-refractivity contribution in [2.24, 2.45) is 0 Å². The molecular weight excluding hydrogens is 263 g/mol. The maximum Gasteiger partial charge on any atom is 0.339 e. The molecule has 1 N–H and O–H groups in total. The summed E-state index contributed by atoms with van der Waals surface area (Å²) in [5.74, 6) is -1.12. The third kappa shape index (κ3) is 2.42. The van der Waals surface area contributed by atoms with Gasteiger partial charge < -0.3 is 14.6 Å². The third-order valence-electron chi connectivity index (χ3n) is 2.92. The van der Waals surface area contributed by atoms with Gasteiger partial charge in [0, 0.05) is 0 Å². The first-order valence-electron chi connectivity index (χ1n) is 5.82. The van der Waals surface area contributed by atoms with Gasteiger partial charge in [0.15, 0.2) is 11.5 Å². The molecule has 4 nitrogen and oxygen atoms in total. The Balaban J connectivity index is 2.63. The second-order valence-electron chi connectivity index (χ2n) is 4.04. The zero-order valence-corrected chi connectivity index (χ0v) is 11.0. The Hall–Kier alpha value is -2.56. The summed E-state index contributed by atoms with van der Waals surface area (Å²) in [6, 6.07) is 9.04. The molecule has 0 atom stereocenters. The molecule has 5 heteroatoms. The molecule has 20 heavy (non-hydrogen) atoms. The van der Waals surface area contributed by atoms with Crippen LogP contribution in [-0.4, -0.2) is 25.3 Å². The first kappa shape index (κ1) is 13.9. The molecule has 0 unspecified atom stereocenters. The minimum Gasteiger partial charge on any atom is -0.493 e. The molecule has 0 aromatic heterocycles. The molecule has 0 saturated carbocycles. The quantitative estimate of drug-likeness (QED) is 0.931. The summed E-state index contributed by atoms with van der Waals surface area (Å²) in [6.45, 7) is 0. The summed E-state index contributed by atoms with van der Waals surface area (Å²) in [4.78, 5) is 11.2. The predicted molar refractivity (Wildman–Crippen MR) is 71.9 cm³/mol. The Morgan fingerprint density at radius 2 is 1.80 bits per heavy atom. The van der Waals surface area contributed by atoms with Crippen molar-refractivity contribution in [3.8, 4) is 22.6 Å². The Bertz CT molecular complexity index is 652. The number of halogens is 1. The van der Waals surface area contributed by atoms with Gasteiger partial charge in [0.05, 0.1) is 14.2 Å². The molecule has 0 aliphatic rings. The highest BCUT2D eigenvalue weighted by Crippen LogP contribution is 2.34. The van der Waals surface area contributed by atoms with Crippen LogP contribution in [0.1, 0.15) is 10.4 Å². The lowest BCUT2D eigenvalue weighted by molar-refractivity contribution is 0.0693. The molecule has 0 amide bonds. The highest BCUT2D eigenvalue weighted by Gasteiger charge is 2.17. The number of rotatable bonds is 4. The highest BCUT2D eigenvalue weighted by molar-refractivity contribution is 5.96. The van der Waals surface area contributed by atoms with E-state index in [2.05, 4.69) is 0 Å². The van der Waals surface area contributed by atoms with Crippen LogP contribution in [0.2, 0.25) is 0 Å². The fraction of sp³-hybridized carbons (Fsp3) is 0.133. The van der Waals surface area contributed by atoms with Crippen molar-refractivity contribution in [2.45, 2.75) is 0 Å². The Morgan fingerprint density at radius 3 is 2.40 bits per heavy atom. The van der Waals surface area contributed by atoms with E-state index in [4.69, 9.17) is 14.6 Å². The van der Waals surface area contributed by atoms with E-state index < -0.39 is 11.8 Å². The number of carbonyl (C=O) groups is 1. The first-order valence-corrected chi connectivity index (χ1v) is 5.82. The van der Waals surface area contributed by atoms with E-state index in [9.17, 15) is 9.18 Å². The number of benzene rings is 2. The molecule has 0 saturated heterocycles. The highest BCUT2D eigenvalue weighted by atomic mass is 19.1. The number of aromatic carboxylic acids is 1. The molecule has 2 aromatic rings. The van der Waals surface area contributed by atoms with Gasteiger partial charge in [-0.05, 0) is 29.3 Å². The topological polar surface area (TPSA) is 55.8 Å². The zero-order chi connectivity index (χ0) is 14.7. The van der Waals surface area contributed by atoms with E-state index in [1.165, 1.54) is 20.3 Å². The molecule has 0 heterocycles. The average Bonchev–Trinajstić information content (AvgIpc) is 2.45. The minimum absolute atomic E-state index is 0.290. The standard InChI is InChI=1S/C15H13FO4/c1-19-12-7-6-9(8-13(12)20-2)10-4-3-5-11(16)14(10)15(17)18/h3-8H,1-2H3,(H,17,18). The molecule has 104 valence electrons. The van der Waals surface area contributed by atoms with E-state index in [1.54, 1.807) is 24.3 Å². The minimum atomic E-state index is -1.31. The molecule has 0 fully saturated rings. The zero-order valence-electron chi connectivity index (χ0n) is 11.0. The Labute approximate surface area is 115 Å². The summed E-state index contributed by atoms with van der Waals surface area (Å²) in [5.41, 5.74) is 0.470. The third-order valence-corrected chi connectivity index (χ3v) is 2.92. The monoisotopic (exact) mass is 276 g/mol. The first-order chi connectivity index (χ1) is 9.58. The largest absolute Gasteiger partial charge is 0.493 e. The summed E-state index contributed by atoms with van der Waals surface area (Å²) in [5, 5.41) is 9.14. The van der Waals surface area contributed by atoms with Gasteiger partial charge in [-0.25, -0.2) is 9.18 Å². The van der Waals surface area contributed by atoms with Crippen molar-refractivity contribution in [3.05, 3.63) is 47.8 Å². The number of ether oxygens (including phenoxy) is 2. The van der Waals surface area contributed by atoms with Gasteiger partial charge in [-0.15, -0.1) is 0 Å². The predicted octanol–water partition coefficient (Wildman–Crippen LogP) is 3.21. The Kier molecular flexibility index (Phi) is 3.89. The second kappa shape index (κ2) is 5.61. The molecule has 0 bridgehead atoms. The lowest BCUT2D eigenvalue weighted by atomic mass is 9.99. The van der Waals surface area contributed by atoms with Gasteiger partial charge in [0.25, 0.3) is 0 Å². The molecule has 2 rings (SSSR count). The fourth-order valence-corrected chi connectivity index (χ4v) is 1.99. The van der Waals surface area contributed by atoms with Crippen LogP contribution in [-0.2, 0) is 0 Å². The van der Waals surface area contributed by atoms with E-state index in [1.807, 2.05) is 0 Å². The summed E-state index contributed by atoms with van der Waals surface area (Å²) < 4.78 is 24.0. The normalized spacial score (nSPS) is 10.2. The second-order valence-corrected chi connectivity index (χ2v) is 4.04. The maximum absolute atomic E-state index is 13.7. The van der Waals surface area contributed by atoms with Crippen LogP contribution >= 0.6 is 0 Å². The van der Waals surface area contributed by atoms with Gasteiger partial charge in [-0.2, -0.15) is 0 Å². The van der Waals surface area contributed by atoms with Crippen LogP contribution in [0.3, 0.4) is 0 Å². The van der Waals surface area contributed by atoms with Crippen molar-refractivity contribution in [1.29, 1.82) is 0 Å². The van der Waals surface area contributed by atoms with Gasteiger partial charge in [0.1, 0.15) is 11.4 Å². The average molecular weight is 276 g/mol. The summed E-state index contributed by atoms with van der Waals surface area (Å²) >= 11 is 0.